The van der Waals surface area contributed by atoms with Gasteiger partial charge in [0.05, 0.1) is 6.07 Å². The van der Waals surface area contributed by atoms with E-state index in [9.17, 15) is 4.79 Å². The van der Waals surface area contributed by atoms with Crippen molar-refractivity contribution in [2.75, 3.05) is 5.32 Å². The Bertz CT molecular complexity index is 437. The predicted molar refractivity (Wildman–Crippen MR) is 64.2 cm³/mol. The second-order valence-electron chi connectivity index (χ2n) is 3.54. The van der Waals surface area contributed by atoms with Crippen LogP contribution in [0.2, 0.25) is 5.02 Å². The topological polar surface area (TPSA) is 52.9 Å². The molecule has 0 fully saturated rings. The van der Waals surface area contributed by atoms with Crippen molar-refractivity contribution in [2.45, 2.75) is 20.3 Å². The third-order valence-corrected chi connectivity index (χ3v) is 2.57. The highest BCUT2D eigenvalue weighted by Crippen LogP contribution is 2.21. The van der Waals surface area contributed by atoms with Gasteiger partial charge in [0.15, 0.2) is 0 Å². The summed E-state index contributed by atoms with van der Waals surface area (Å²) in [6.07, 6.45) is 0.502. The van der Waals surface area contributed by atoms with Gasteiger partial charge in [-0.3, -0.25) is 4.79 Å². The first-order chi connectivity index (χ1) is 7.58. The summed E-state index contributed by atoms with van der Waals surface area (Å²) in [5.74, 6) is -0.895. The molecule has 1 unspecified atom stereocenters. The predicted octanol–water partition coefficient (Wildman–Crippen LogP) is 3.14. The third kappa shape index (κ3) is 2.98. The lowest BCUT2D eigenvalue weighted by atomic mass is 10.1. The van der Waals surface area contributed by atoms with Gasteiger partial charge in [0.25, 0.3) is 0 Å². The van der Waals surface area contributed by atoms with Gasteiger partial charge in [-0.25, -0.2) is 0 Å². The maximum absolute atomic E-state index is 11.7. The van der Waals surface area contributed by atoms with Crippen molar-refractivity contribution in [1.29, 1.82) is 5.26 Å². The summed E-state index contributed by atoms with van der Waals surface area (Å²) >= 11 is 5.83. The maximum Gasteiger partial charge on any atom is 0.241 e. The van der Waals surface area contributed by atoms with Crippen molar-refractivity contribution in [1.82, 2.24) is 0 Å². The van der Waals surface area contributed by atoms with E-state index in [4.69, 9.17) is 16.9 Å². The summed E-state index contributed by atoms with van der Waals surface area (Å²) in [5, 5.41) is 12.0. The van der Waals surface area contributed by atoms with E-state index in [1.54, 1.807) is 19.1 Å². The molecule has 3 nitrogen and oxygen atoms in total. The van der Waals surface area contributed by atoms with Crippen LogP contribution in [0, 0.1) is 24.2 Å². The van der Waals surface area contributed by atoms with Crippen LogP contribution < -0.4 is 5.32 Å². The normalized spacial score (nSPS) is 11.6. The number of hydrogen-bond donors (Lipinski definition) is 1. The summed E-state index contributed by atoms with van der Waals surface area (Å²) in [5.41, 5.74) is 1.58. The first kappa shape index (κ1) is 12.5. The maximum atomic E-state index is 11.7. The molecule has 1 rings (SSSR count). The molecule has 1 aromatic rings. The number of carbonyl (C=O) groups is 1. The lowest BCUT2D eigenvalue weighted by Gasteiger charge is -2.10. The minimum Gasteiger partial charge on any atom is -0.325 e. The van der Waals surface area contributed by atoms with E-state index < -0.39 is 5.92 Å². The Labute approximate surface area is 100 Å². The van der Waals surface area contributed by atoms with Crippen LogP contribution >= 0.6 is 11.6 Å². The van der Waals surface area contributed by atoms with E-state index in [1.807, 2.05) is 19.1 Å². The van der Waals surface area contributed by atoms with Crippen LogP contribution in [0.4, 0.5) is 5.69 Å². The number of nitrogens with one attached hydrogen (secondary N) is 1. The third-order valence-electron chi connectivity index (χ3n) is 2.34. The Hall–Kier alpha value is -1.53. The second-order valence-corrected chi connectivity index (χ2v) is 3.97. The summed E-state index contributed by atoms with van der Waals surface area (Å²) in [7, 11) is 0. The number of hydrogen-bond acceptors (Lipinski definition) is 2. The van der Waals surface area contributed by atoms with Crippen LogP contribution in [0.1, 0.15) is 18.9 Å². The number of nitrogens with zero attached hydrogens (tertiary/aromatic N) is 1. The van der Waals surface area contributed by atoms with Gasteiger partial charge in [-0.2, -0.15) is 5.26 Å². The van der Waals surface area contributed by atoms with Gasteiger partial charge in [0.2, 0.25) is 5.91 Å². The molecule has 0 heterocycles. The average molecular weight is 237 g/mol. The van der Waals surface area contributed by atoms with Crippen molar-refractivity contribution in [3.8, 4) is 6.07 Å². The molecule has 1 amide bonds. The smallest absolute Gasteiger partial charge is 0.241 e. The van der Waals surface area contributed by atoms with Crippen LogP contribution in [0.5, 0.6) is 0 Å². The average Bonchev–Trinajstić information content (AvgIpc) is 2.25. The van der Waals surface area contributed by atoms with Gasteiger partial charge in [-0.1, -0.05) is 24.6 Å². The van der Waals surface area contributed by atoms with E-state index in [0.29, 0.717) is 17.1 Å². The molecule has 0 aliphatic rings. The Balaban J connectivity index is 2.85. The van der Waals surface area contributed by atoms with Crippen molar-refractivity contribution < 1.29 is 4.79 Å². The van der Waals surface area contributed by atoms with E-state index in [0.717, 1.165) is 5.56 Å². The molecule has 0 saturated carbocycles. The minimum absolute atomic E-state index is 0.282. The van der Waals surface area contributed by atoms with Crippen LogP contribution in [0.15, 0.2) is 18.2 Å². The van der Waals surface area contributed by atoms with Crippen molar-refractivity contribution in [3.05, 3.63) is 28.8 Å². The van der Waals surface area contributed by atoms with Crippen LogP contribution in [0.3, 0.4) is 0 Å². The van der Waals surface area contributed by atoms with Crippen molar-refractivity contribution >= 4 is 23.2 Å². The molecule has 0 bridgehead atoms. The molecule has 84 valence electrons. The highest BCUT2D eigenvalue weighted by Gasteiger charge is 2.16. The zero-order chi connectivity index (χ0) is 12.1. The molecule has 0 radical (unpaired) electrons. The van der Waals surface area contributed by atoms with Crippen LogP contribution in [-0.4, -0.2) is 5.91 Å². The molecule has 1 N–H and O–H groups in total. The number of rotatable bonds is 3. The lowest BCUT2D eigenvalue weighted by molar-refractivity contribution is -0.118. The Morgan fingerprint density at radius 1 is 1.62 bits per heavy atom. The second kappa shape index (κ2) is 5.53. The van der Waals surface area contributed by atoms with E-state index >= 15 is 0 Å². The first-order valence-corrected chi connectivity index (χ1v) is 5.43. The van der Waals surface area contributed by atoms with Crippen LogP contribution in [-0.2, 0) is 4.79 Å². The summed E-state index contributed by atoms with van der Waals surface area (Å²) in [4.78, 5) is 11.7. The fraction of sp³-hybridized carbons (Fsp3) is 0.333. The number of aryl methyl sites for hydroxylation is 1. The van der Waals surface area contributed by atoms with Gasteiger partial charge in [0, 0.05) is 10.7 Å². The molecule has 4 heteroatoms. The SMILES string of the molecule is CCC(C#N)C(=O)Nc1cc(Cl)ccc1C. The van der Waals surface area contributed by atoms with Gasteiger partial charge in [-0.15, -0.1) is 0 Å². The number of carbonyl (C=O) groups excluding carboxylic acids is 1. The van der Waals surface area contributed by atoms with E-state index in [1.165, 1.54) is 0 Å². The van der Waals surface area contributed by atoms with Crippen molar-refractivity contribution in [3.63, 3.8) is 0 Å². The molecule has 1 atom stereocenters. The fourth-order valence-electron chi connectivity index (χ4n) is 1.28. The van der Waals surface area contributed by atoms with Gasteiger partial charge in [-0.05, 0) is 31.0 Å². The largest absolute Gasteiger partial charge is 0.325 e. The van der Waals surface area contributed by atoms with E-state index in [-0.39, 0.29) is 5.91 Å². The summed E-state index contributed by atoms with van der Waals surface area (Å²) < 4.78 is 0. The fourth-order valence-corrected chi connectivity index (χ4v) is 1.46. The number of amides is 1. The lowest BCUT2D eigenvalue weighted by Crippen LogP contribution is -2.21. The summed E-state index contributed by atoms with van der Waals surface area (Å²) in [6.45, 7) is 3.68. The highest BCUT2D eigenvalue weighted by atomic mass is 35.5. The zero-order valence-electron chi connectivity index (χ0n) is 9.25. The standard InChI is InChI=1S/C12H13ClN2O/c1-3-9(7-14)12(16)15-11-6-10(13)5-4-8(11)2/h4-6,9H,3H2,1-2H3,(H,15,16). The molecule has 0 aliphatic carbocycles. The highest BCUT2D eigenvalue weighted by molar-refractivity contribution is 6.31. The number of benzene rings is 1. The van der Waals surface area contributed by atoms with Gasteiger partial charge in [0.1, 0.15) is 5.92 Å². The molecule has 16 heavy (non-hydrogen) atoms. The van der Waals surface area contributed by atoms with Gasteiger partial charge >= 0.3 is 0 Å². The zero-order valence-corrected chi connectivity index (χ0v) is 10.0. The molecular formula is C12H13ClN2O. The summed E-state index contributed by atoms with van der Waals surface area (Å²) in [6, 6.07) is 7.22. The quantitative estimate of drug-likeness (QED) is 0.877. The van der Waals surface area contributed by atoms with Crippen LogP contribution in [0.25, 0.3) is 0 Å². The monoisotopic (exact) mass is 236 g/mol. The molecule has 0 spiro atoms. The molecular weight excluding hydrogens is 224 g/mol. The minimum atomic E-state index is -0.613. The number of anilines is 1. The number of halogens is 1. The first-order valence-electron chi connectivity index (χ1n) is 5.05. The van der Waals surface area contributed by atoms with Crippen molar-refractivity contribution in [2.24, 2.45) is 5.92 Å². The molecule has 0 aromatic heterocycles. The Kier molecular flexibility index (Phi) is 4.33. The van der Waals surface area contributed by atoms with E-state index in [2.05, 4.69) is 5.32 Å². The Morgan fingerprint density at radius 3 is 2.88 bits per heavy atom. The Morgan fingerprint density at radius 2 is 2.31 bits per heavy atom. The molecule has 0 saturated heterocycles. The molecule has 0 aliphatic heterocycles. The molecule has 1 aromatic carbocycles. The van der Waals surface area contributed by atoms with Gasteiger partial charge < -0.3 is 5.32 Å². The number of nitriles is 1.